The van der Waals surface area contributed by atoms with E-state index in [4.69, 9.17) is 0 Å². The standard InChI is InChI=1S/C24H23BrS/c1-14-15(2)24(25)23(21-8-5-13-26-21)20-12-11-18-17-7-4-3-6-16(17)9-10-19(18)22(14)20/h4,7-8,11-12H,3,5-6,9-10,13H2,1-2H3. The van der Waals surface area contributed by atoms with Crippen molar-refractivity contribution in [1.29, 1.82) is 0 Å². The summed E-state index contributed by atoms with van der Waals surface area (Å²) < 4.78 is 1.29. The van der Waals surface area contributed by atoms with Gasteiger partial charge in [-0.1, -0.05) is 35.9 Å². The normalized spacial score (nSPS) is 19.0. The second-order valence-electron chi connectivity index (χ2n) is 7.62. The molecule has 0 aromatic heterocycles. The predicted molar refractivity (Wildman–Crippen MR) is 120 cm³/mol. The van der Waals surface area contributed by atoms with Crippen molar-refractivity contribution >= 4 is 48.9 Å². The zero-order chi connectivity index (χ0) is 17.8. The van der Waals surface area contributed by atoms with Gasteiger partial charge in [0, 0.05) is 20.7 Å². The van der Waals surface area contributed by atoms with Gasteiger partial charge in [0.2, 0.25) is 0 Å². The fourth-order valence-electron chi connectivity index (χ4n) is 4.81. The zero-order valence-electron chi connectivity index (χ0n) is 15.4. The maximum absolute atomic E-state index is 3.94. The summed E-state index contributed by atoms with van der Waals surface area (Å²) in [7, 11) is 0. The quantitative estimate of drug-likeness (QED) is 0.452. The molecule has 2 aromatic carbocycles. The Morgan fingerprint density at radius 3 is 2.69 bits per heavy atom. The van der Waals surface area contributed by atoms with E-state index in [0.717, 1.165) is 0 Å². The lowest BCUT2D eigenvalue weighted by Gasteiger charge is -2.27. The molecule has 0 radical (unpaired) electrons. The molecule has 5 rings (SSSR count). The molecule has 1 heterocycles. The van der Waals surface area contributed by atoms with Crippen molar-refractivity contribution in [3.63, 3.8) is 0 Å². The maximum Gasteiger partial charge on any atom is 0.0297 e. The van der Waals surface area contributed by atoms with Gasteiger partial charge in [0.15, 0.2) is 0 Å². The zero-order valence-corrected chi connectivity index (χ0v) is 17.8. The minimum absolute atomic E-state index is 1.19. The van der Waals surface area contributed by atoms with Crippen LogP contribution in [-0.4, -0.2) is 5.75 Å². The highest BCUT2D eigenvalue weighted by atomic mass is 79.9. The molecule has 2 aromatic rings. The number of thioether (sulfide) groups is 1. The first-order valence-corrected chi connectivity index (χ1v) is 11.4. The minimum Gasteiger partial charge on any atom is -0.125 e. The van der Waals surface area contributed by atoms with Gasteiger partial charge < -0.3 is 0 Å². The Bertz CT molecular complexity index is 1040. The number of rotatable bonds is 1. The summed E-state index contributed by atoms with van der Waals surface area (Å²) in [4.78, 5) is 1.46. The van der Waals surface area contributed by atoms with Gasteiger partial charge in [0.25, 0.3) is 0 Å². The third-order valence-electron chi connectivity index (χ3n) is 6.27. The summed E-state index contributed by atoms with van der Waals surface area (Å²) >= 11 is 5.94. The highest BCUT2D eigenvalue weighted by molar-refractivity contribution is 9.10. The minimum atomic E-state index is 1.19. The number of hydrogen-bond donors (Lipinski definition) is 0. The highest BCUT2D eigenvalue weighted by Crippen LogP contribution is 2.47. The third kappa shape index (κ3) is 2.42. The molecule has 0 spiro atoms. The Morgan fingerprint density at radius 1 is 1.00 bits per heavy atom. The Morgan fingerprint density at radius 2 is 1.88 bits per heavy atom. The fraction of sp³-hybridized carbons (Fsp3) is 0.333. The number of allylic oxidation sites excluding steroid dienone is 5. The van der Waals surface area contributed by atoms with Gasteiger partial charge in [0.05, 0.1) is 0 Å². The lowest BCUT2D eigenvalue weighted by Crippen LogP contribution is -2.08. The molecular formula is C24H23BrS. The van der Waals surface area contributed by atoms with Crippen molar-refractivity contribution in [2.75, 3.05) is 5.75 Å². The number of hydrogen-bond acceptors (Lipinski definition) is 1. The van der Waals surface area contributed by atoms with E-state index < -0.39 is 0 Å². The van der Waals surface area contributed by atoms with Crippen molar-refractivity contribution < 1.29 is 0 Å². The molecule has 1 aliphatic heterocycles. The van der Waals surface area contributed by atoms with Crippen LogP contribution in [0.4, 0.5) is 0 Å². The molecule has 0 nitrogen and oxygen atoms in total. The van der Waals surface area contributed by atoms with Crippen LogP contribution in [0, 0.1) is 13.8 Å². The molecule has 0 N–H and O–H groups in total. The lowest BCUT2D eigenvalue weighted by atomic mass is 9.78. The van der Waals surface area contributed by atoms with E-state index in [1.54, 1.807) is 11.1 Å². The van der Waals surface area contributed by atoms with E-state index in [9.17, 15) is 0 Å². The van der Waals surface area contributed by atoms with Crippen LogP contribution in [-0.2, 0) is 6.42 Å². The first-order chi connectivity index (χ1) is 12.7. The summed E-state index contributed by atoms with van der Waals surface area (Å²) in [6.07, 6.45) is 13.2. The molecule has 0 saturated heterocycles. The van der Waals surface area contributed by atoms with E-state index in [1.165, 1.54) is 85.8 Å². The Hall–Kier alpha value is -1.25. The lowest BCUT2D eigenvalue weighted by molar-refractivity contribution is 0.831. The Labute approximate surface area is 168 Å². The van der Waals surface area contributed by atoms with Crippen LogP contribution in [0.2, 0.25) is 0 Å². The van der Waals surface area contributed by atoms with E-state index in [2.05, 4.69) is 60.1 Å². The highest BCUT2D eigenvalue weighted by Gasteiger charge is 2.25. The van der Waals surface area contributed by atoms with Crippen molar-refractivity contribution in [3.05, 3.63) is 68.2 Å². The summed E-state index contributed by atoms with van der Waals surface area (Å²) in [5, 5.41) is 2.94. The first-order valence-electron chi connectivity index (χ1n) is 9.63. The molecule has 2 heteroatoms. The third-order valence-corrected chi connectivity index (χ3v) is 8.38. The van der Waals surface area contributed by atoms with Gasteiger partial charge in [-0.3, -0.25) is 0 Å². The average Bonchev–Trinajstić information content (AvgIpc) is 3.20. The van der Waals surface area contributed by atoms with Crippen molar-refractivity contribution in [2.24, 2.45) is 0 Å². The van der Waals surface area contributed by atoms with Gasteiger partial charge in [-0.15, -0.1) is 11.8 Å². The van der Waals surface area contributed by atoms with Gasteiger partial charge in [-0.05, 0) is 100 Å². The van der Waals surface area contributed by atoms with E-state index in [0.29, 0.717) is 0 Å². The Kier molecular flexibility index (Phi) is 4.17. The van der Waals surface area contributed by atoms with E-state index in [1.807, 2.05) is 11.8 Å². The molecule has 0 unspecified atom stereocenters. The van der Waals surface area contributed by atoms with Gasteiger partial charge in [-0.2, -0.15) is 0 Å². The topological polar surface area (TPSA) is 0 Å². The summed E-state index contributed by atoms with van der Waals surface area (Å²) in [6, 6.07) is 4.78. The smallest absolute Gasteiger partial charge is 0.0297 e. The molecule has 0 atom stereocenters. The molecule has 3 aliphatic rings. The van der Waals surface area contributed by atoms with Crippen LogP contribution in [0.3, 0.4) is 0 Å². The molecule has 0 fully saturated rings. The van der Waals surface area contributed by atoms with Crippen LogP contribution in [0.5, 0.6) is 0 Å². The Balaban J connectivity index is 1.86. The van der Waals surface area contributed by atoms with Crippen molar-refractivity contribution in [1.82, 2.24) is 0 Å². The molecule has 0 amide bonds. The molecular weight excluding hydrogens is 400 g/mol. The summed E-state index contributed by atoms with van der Waals surface area (Å²) in [5.74, 6) is 1.21. The van der Waals surface area contributed by atoms with Crippen LogP contribution in [0.15, 0.2) is 40.4 Å². The number of fused-ring (bicyclic) bond motifs is 4. The van der Waals surface area contributed by atoms with Gasteiger partial charge >= 0.3 is 0 Å². The molecule has 0 saturated carbocycles. The van der Waals surface area contributed by atoms with Crippen LogP contribution in [0.25, 0.3) is 21.3 Å². The second-order valence-corrected chi connectivity index (χ2v) is 9.55. The summed E-state index contributed by atoms with van der Waals surface area (Å²) in [5.41, 5.74) is 10.5. The molecule has 132 valence electrons. The number of benzene rings is 2. The van der Waals surface area contributed by atoms with E-state index >= 15 is 0 Å². The van der Waals surface area contributed by atoms with Crippen molar-refractivity contribution in [2.45, 2.75) is 46.0 Å². The molecule has 26 heavy (non-hydrogen) atoms. The summed E-state index contributed by atoms with van der Waals surface area (Å²) in [6.45, 7) is 4.58. The van der Waals surface area contributed by atoms with Crippen LogP contribution < -0.4 is 0 Å². The second kappa shape index (κ2) is 6.42. The SMILES string of the molecule is Cc1c(Br)c(C2=CCCS2)c2ccc3c(c2c1C)CCC1=C3C=CCC1. The molecule has 2 aliphatic carbocycles. The monoisotopic (exact) mass is 422 g/mol. The molecule has 0 bridgehead atoms. The largest absolute Gasteiger partial charge is 0.125 e. The average molecular weight is 423 g/mol. The van der Waals surface area contributed by atoms with Gasteiger partial charge in [-0.25, -0.2) is 0 Å². The number of halogens is 1. The fourth-order valence-corrected chi connectivity index (χ4v) is 6.72. The van der Waals surface area contributed by atoms with Crippen molar-refractivity contribution in [3.8, 4) is 0 Å². The van der Waals surface area contributed by atoms with Crippen LogP contribution >= 0.6 is 27.7 Å². The number of aryl methyl sites for hydroxylation is 2. The van der Waals surface area contributed by atoms with Crippen LogP contribution in [0.1, 0.15) is 53.5 Å². The van der Waals surface area contributed by atoms with E-state index in [-0.39, 0.29) is 0 Å². The maximum atomic E-state index is 3.94. The van der Waals surface area contributed by atoms with Gasteiger partial charge in [0.1, 0.15) is 0 Å². The predicted octanol–water partition coefficient (Wildman–Crippen LogP) is 7.75. The first kappa shape index (κ1) is 16.9.